The van der Waals surface area contributed by atoms with Crippen LogP contribution in [0.4, 0.5) is 0 Å². The largest absolute Gasteiger partial charge is 0.490 e. The average molecular weight is 262 g/mol. The zero-order chi connectivity index (χ0) is 12.4. The third kappa shape index (κ3) is 2.21. The highest BCUT2D eigenvalue weighted by Gasteiger charge is 2.16. The van der Waals surface area contributed by atoms with Crippen molar-refractivity contribution in [3.63, 3.8) is 0 Å². The molecule has 1 aliphatic heterocycles. The number of thiophene rings is 1. The molecular formula is C14H14O3S. The van der Waals surface area contributed by atoms with Crippen LogP contribution in [0.5, 0.6) is 11.5 Å². The Morgan fingerprint density at radius 2 is 1.94 bits per heavy atom. The van der Waals surface area contributed by atoms with Crippen molar-refractivity contribution in [3.05, 3.63) is 46.2 Å². The highest BCUT2D eigenvalue weighted by Crippen LogP contribution is 2.34. The van der Waals surface area contributed by atoms with Crippen LogP contribution in [0.25, 0.3) is 0 Å². The Hall–Kier alpha value is -1.52. The Bertz CT molecular complexity index is 522. The van der Waals surface area contributed by atoms with Gasteiger partial charge in [-0.2, -0.15) is 0 Å². The van der Waals surface area contributed by atoms with Crippen LogP contribution in [0, 0.1) is 0 Å². The van der Waals surface area contributed by atoms with Crippen molar-refractivity contribution in [2.45, 2.75) is 12.5 Å². The molecule has 0 saturated heterocycles. The molecule has 3 nitrogen and oxygen atoms in total. The van der Waals surface area contributed by atoms with Crippen LogP contribution in [0.15, 0.2) is 35.7 Å². The number of aliphatic hydroxyl groups is 1. The van der Waals surface area contributed by atoms with E-state index in [9.17, 15) is 5.11 Å². The highest BCUT2D eigenvalue weighted by molar-refractivity contribution is 7.10. The lowest BCUT2D eigenvalue weighted by Crippen LogP contribution is -1.99. The summed E-state index contributed by atoms with van der Waals surface area (Å²) in [5.41, 5.74) is 0.835. The maximum atomic E-state index is 10.3. The molecule has 0 spiro atoms. The van der Waals surface area contributed by atoms with E-state index in [1.54, 1.807) is 11.3 Å². The SMILES string of the molecule is OC(c1ccc2c(c1)OCCCO2)c1cccs1. The van der Waals surface area contributed by atoms with Crippen molar-refractivity contribution in [1.29, 1.82) is 0 Å². The second-order valence-corrected chi connectivity index (χ2v) is 5.15. The number of rotatable bonds is 2. The molecule has 2 aromatic rings. The lowest BCUT2D eigenvalue weighted by Gasteiger charge is -2.12. The molecule has 1 N–H and O–H groups in total. The topological polar surface area (TPSA) is 38.7 Å². The molecule has 18 heavy (non-hydrogen) atoms. The van der Waals surface area contributed by atoms with E-state index in [4.69, 9.17) is 9.47 Å². The highest BCUT2D eigenvalue weighted by atomic mass is 32.1. The fraction of sp³-hybridized carbons (Fsp3) is 0.286. The maximum Gasteiger partial charge on any atom is 0.161 e. The molecule has 0 amide bonds. The second-order valence-electron chi connectivity index (χ2n) is 4.17. The van der Waals surface area contributed by atoms with Gasteiger partial charge in [-0.25, -0.2) is 0 Å². The van der Waals surface area contributed by atoms with Gasteiger partial charge in [0.1, 0.15) is 6.10 Å². The van der Waals surface area contributed by atoms with Gasteiger partial charge in [-0.15, -0.1) is 11.3 Å². The van der Waals surface area contributed by atoms with Crippen LogP contribution in [-0.4, -0.2) is 18.3 Å². The van der Waals surface area contributed by atoms with Crippen LogP contribution in [0.2, 0.25) is 0 Å². The smallest absolute Gasteiger partial charge is 0.161 e. The fourth-order valence-electron chi connectivity index (χ4n) is 1.96. The maximum absolute atomic E-state index is 10.3. The molecule has 2 heterocycles. The first-order chi connectivity index (χ1) is 8.84. The van der Waals surface area contributed by atoms with Crippen LogP contribution < -0.4 is 9.47 Å². The molecule has 1 atom stereocenters. The van der Waals surface area contributed by atoms with E-state index in [2.05, 4.69) is 0 Å². The van der Waals surface area contributed by atoms with Crippen LogP contribution in [-0.2, 0) is 0 Å². The molecule has 1 aromatic heterocycles. The molecule has 94 valence electrons. The summed E-state index contributed by atoms with van der Waals surface area (Å²) < 4.78 is 11.2. The summed E-state index contributed by atoms with van der Waals surface area (Å²) in [6.07, 6.45) is 0.291. The Morgan fingerprint density at radius 3 is 2.72 bits per heavy atom. The van der Waals surface area contributed by atoms with Gasteiger partial charge in [0, 0.05) is 11.3 Å². The Balaban J connectivity index is 1.92. The number of ether oxygens (including phenoxy) is 2. The zero-order valence-electron chi connectivity index (χ0n) is 9.83. The molecule has 4 heteroatoms. The molecule has 1 unspecified atom stereocenters. The molecule has 1 aromatic carbocycles. The Morgan fingerprint density at radius 1 is 1.11 bits per heavy atom. The van der Waals surface area contributed by atoms with Crippen molar-refractivity contribution in [2.24, 2.45) is 0 Å². The summed E-state index contributed by atoms with van der Waals surface area (Å²) in [5, 5.41) is 12.2. The summed E-state index contributed by atoms with van der Waals surface area (Å²) >= 11 is 1.55. The van der Waals surface area contributed by atoms with E-state index in [-0.39, 0.29) is 0 Å². The van der Waals surface area contributed by atoms with Gasteiger partial charge in [0.05, 0.1) is 13.2 Å². The van der Waals surface area contributed by atoms with Crippen LogP contribution in [0.1, 0.15) is 23.0 Å². The first kappa shape index (κ1) is 11.6. The minimum atomic E-state index is -0.595. The number of benzene rings is 1. The fourth-order valence-corrected chi connectivity index (χ4v) is 2.70. The standard InChI is InChI=1S/C14H14O3S/c15-14(13-3-1-8-18-13)10-4-5-11-12(9-10)17-7-2-6-16-11/h1,3-5,8-9,14-15H,2,6-7H2. The van der Waals surface area contributed by atoms with Crippen molar-refractivity contribution >= 4 is 11.3 Å². The van der Waals surface area contributed by atoms with Gasteiger partial charge in [0.2, 0.25) is 0 Å². The van der Waals surface area contributed by atoms with E-state index in [1.807, 2.05) is 35.7 Å². The number of aliphatic hydroxyl groups excluding tert-OH is 1. The molecule has 0 saturated carbocycles. The minimum Gasteiger partial charge on any atom is -0.490 e. The van der Waals surface area contributed by atoms with E-state index in [1.165, 1.54) is 0 Å². The summed E-state index contributed by atoms with van der Waals surface area (Å²) in [7, 11) is 0. The predicted octanol–water partition coefficient (Wildman–Crippen LogP) is 2.99. The summed E-state index contributed by atoms with van der Waals surface area (Å²) in [6.45, 7) is 1.34. The summed E-state index contributed by atoms with van der Waals surface area (Å²) in [6, 6.07) is 9.49. The van der Waals surface area contributed by atoms with E-state index < -0.39 is 6.10 Å². The number of hydrogen-bond acceptors (Lipinski definition) is 4. The summed E-state index contributed by atoms with van der Waals surface area (Å²) in [5.74, 6) is 1.48. The molecule has 3 rings (SSSR count). The predicted molar refractivity (Wildman–Crippen MR) is 70.4 cm³/mol. The molecule has 0 aliphatic carbocycles. The zero-order valence-corrected chi connectivity index (χ0v) is 10.7. The van der Waals surface area contributed by atoms with Gasteiger partial charge in [-0.05, 0) is 29.1 Å². The number of hydrogen-bond donors (Lipinski definition) is 1. The second kappa shape index (κ2) is 5.00. The first-order valence-corrected chi connectivity index (χ1v) is 6.83. The molecule has 0 radical (unpaired) electrons. The molecule has 0 bridgehead atoms. The van der Waals surface area contributed by atoms with Gasteiger partial charge in [-0.1, -0.05) is 12.1 Å². The Kier molecular flexibility index (Phi) is 3.21. The third-order valence-corrected chi connectivity index (χ3v) is 3.82. The minimum absolute atomic E-state index is 0.595. The first-order valence-electron chi connectivity index (χ1n) is 5.95. The van der Waals surface area contributed by atoms with E-state index in [0.29, 0.717) is 13.2 Å². The Labute approximate surface area is 110 Å². The van der Waals surface area contributed by atoms with Crippen LogP contribution in [0.3, 0.4) is 0 Å². The van der Waals surface area contributed by atoms with Gasteiger partial charge >= 0.3 is 0 Å². The van der Waals surface area contributed by atoms with Crippen LogP contribution >= 0.6 is 11.3 Å². The number of fused-ring (bicyclic) bond motifs is 1. The van der Waals surface area contributed by atoms with Gasteiger partial charge in [-0.3, -0.25) is 0 Å². The van der Waals surface area contributed by atoms with Crippen molar-refractivity contribution in [1.82, 2.24) is 0 Å². The molecular weight excluding hydrogens is 248 g/mol. The van der Waals surface area contributed by atoms with Crippen molar-refractivity contribution in [3.8, 4) is 11.5 Å². The van der Waals surface area contributed by atoms with Crippen molar-refractivity contribution < 1.29 is 14.6 Å². The summed E-state index contributed by atoms with van der Waals surface area (Å²) in [4.78, 5) is 0.935. The van der Waals surface area contributed by atoms with Gasteiger partial charge in [0.15, 0.2) is 11.5 Å². The van der Waals surface area contributed by atoms with Gasteiger partial charge < -0.3 is 14.6 Å². The van der Waals surface area contributed by atoms with E-state index >= 15 is 0 Å². The monoisotopic (exact) mass is 262 g/mol. The van der Waals surface area contributed by atoms with E-state index in [0.717, 1.165) is 28.4 Å². The normalized spacial score (nSPS) is 16.1. The quantitative estimate of drug-likeness (QED) is 0.904. The average Bonchev–Trinajstić information content (AvgIpc) is 2.83. The lowest BCUT2D eigenvalue weighted by atomic mass is 10.1. The lowest BCUT2D eigenvalue weighted by molar-refractivity contribution is 0.223. The molecule has 1 aliphatic rings. The third-order valence-electron chi connectivity index (χ3n) is 2.90. The van der Waals surface area contributed by atoms with Crippen molar-refractivity contribution in [2.75, 3.05) is 13.2 Å². The molecule has 0 fully saturated rings. The van der Waals surface area contributed by atoms with Gasteiger partial charge in [0.25, 0.3) is 0 Å².